The van der Waals surface area contributed by atoms with Crippen molar-refractivity contribution in [2.75, 3.05) is 13.1 Å². The zero-order valence-corrected chi connectivity index (χ0v) is 15.8. The molecule has 1 fully saturated rings. The van der Waals surface area contributed by atoms with E-state index in [4.69, 9.17) is 0 Å². The number of hydrogen-bond acceptors (Lipinski definition) is 3. The van der Waals surface area contributed by atoms with E-state index in [9.17, 15) is 13.2 Å². The Kier molecular flexibility index (Phi) is 5.71. The Morgan fingerprint density at radius 2 is 1.79 bits per heavy atom. The number of carbonyl (C=O) groups excluding carboxylic acids is 1. The third kappa shape index (κ3) is 5.05. The number of nitrogens with one attached hydrogen (secondary N) is 1. The molecule has 1 amide bonds. The van der Waals surface area contributed by atoms with Crippen LogP contribution >= 0.6 is 0 Å². The van der Waals surface area contributed by atoms with E-state index in [2.05, 4.69) is 5.32 Å². The number of aryl methyl sites for hydroxylation is 1. The van der Waals surface area contributed by atoms with Crippen LogP contribution in [0.4, 0.5) is 0 Å². The maximum absolute atomic E-state index is 12.6. The maximum atomic E-state index is 12.6. The third-order valence-electron chi connectivity index (χ3n) is 4.32. The molecular weight excluding hydrogens is 324 g/mol. The highest BCUT2D eigenvalue weighted by Gasteiger charge is 2.32. The molecule has 0 unspecified atom stereocenters. The van der Waals surface area contributed by atoms with Crippen molar-refractivity contribution in [3.63, 3.8) is 0 Å². The number of sulfonamides is 1. The van der Waals surface area contributed by atoms with Gasteiger partial charge >= 0.3 is 0 Å². The van der Waals surface area contributed by atoms with Crippen LogP contribution < -0.4 is 5.32 Å². The monoisotopic (exact) mass is 352 g/mol. The first kappa shape index (κ1) is 18.9. The Morgan fingerprint density at radius 3 is 2.33 bits per heavy atom. The van der Waals surface area contributed by atoms with Crippen LogP contribution in [0.15, 0.2) is 24.3 Å². The van der Waals surface area contributed by atoms with Gasteiger partial charge in [-0.25, -0.2) is 12.7 Å². The Bertz CT molecular complexity index is 684. The van der Waals surface area contributed by atoms with Gasteiger partial charge in [0.25, 0.3) is 0 Å². The van der Waals surface area contributed by atoms with Crippen molar-refractivity contribution in [2.24, 2.45) is 5.92 Å². The van der Waals surface area contributed by atoms with Crippen LogP contribution in [0.25, 0.3) is 0 Å². The van der Waals surface area contributed by atoms with E-state index in [1.54, 1.807) is 0 Å². The smallest absolute Gasteiger partial charge is 0.223 e. The normalized spacial score (nSPS) is 17.7. The van der Waals surface area contributed by atoms with Crippen LogP contribution in [0.2, 0.25) is 0 Å². The number of rotatable bonds is 4. The van der Waals surface area contributed by atoms with Gasteiger partial charge < -0.3 is 5.32 Å². The Labute approximate surface area is 145 Å². The first-order valence-electron chi connectivity index (χ1n) is 8.43. The van der Waals surface area contributed by atoms with E-state index in [1.807, 2.05) is 52.0 Å². The number of hydrogen-bond donors (Lipinski definition) is 1. The number of benzene rings is 1. The minimum atomic E-state index is -3.34. The molecule has 6 heteroatoms. The van der Waals surface area contributed by atoms with E-state index >= 15 is 0 Å². The van der Waals surface area contributed by atoms with Crippen molar-refractivity contribution >= 4 is 15.9 Å². The lowest BCUT2D eigenvalue weighted by Crippen LogP contribution is -2.48. The van der Waals surface area contributed by atoms with Crippen molar-refractivity contribution in [2.45, 2.75) is 51.8 Å². The average Bonchev–Trinajstić information content (AvgIpc) is 2.48. The van der Waals surface area contributed by atoms with Crippen LogP contribution in [-0.4, -0.2) is 37.3 Å². The van der Waals surface area contributed by atoms with Crippen LogP contribution in [0.3, 0.4) is 0 Å². The van der Waals surface area contributed by atoms with Gasteiger partial charge in [-0.15, -0.1) is 0 Å². The molecule has 1 saturated heterocycles. The molecule has 0 aromatic heterocycles. The Balaban J connectivity index is 1.96. The van der Waals surface area contributed by atoms with Crippen molar-refractivity contribution in [3.05, 3.63) is 35.4 Å². The summed E-state index contributed by atoms with van der Waals surface area (Å²) in [6.07, 6.45) is 1.16. The summed E-state index contributed by atoms with van der Waals surface area (Å²) in [6.45, 7) is 8.60. The van der Waals surface area contributed by atoms with Crippen molar-refractivity contribution in [1.82, 2.24) is 9.62 Å². The molecule has 0 aliphatic carbocycles. The molecule has 0 radical (unpaired) electrons. The Morgan fingerprint density at radius 1 is 1.21 bits per heavy atom. The maximum Gasteiger partial charge on any atom is 0.223 e. The predicted molar refractivity (Wildman–Crippen MR) is 96.0 cm³/mol. The summed E-state index contributed by atoms with van der Waals surface area (Å²) in [5, 5.41) is 2.98. The summed E-state index contributed by atoms with van der Waals surface area (Å²) < 4.78 is 26.8. The summed E-state index contributed by atoms with van der Waals surface area (Å²) in [7, 11) is -3.34. The molecule has 1 aromatic carbocycles. The van der Waals surface area contributed by atoms with Gasteiger partial charge in [0.15, 0.2) is 0 Å². The summed E-state index contributed by atoms with van der Waals surface area (Å²) >= 11 is 0. The number of carbonyl (C=O) groups is 1. The van der Waals surface area contributed by atoms with E-state index in [1.165, 1.54) is 4.31 Å². The van der Waals surface area contributed by atoms with Crippen LogP contribution in [0, 0.1) is 12.8 Å². The molecule has 0 atom stereocenters. The molecule has 0 bridgehead atoms. The largest absolute Gasteiger partial charge is 0.351 e. The highest BCUT2D eigenvalue weighted by Crippen LogP contribution is 2.23. The average molecular weight is 353 g/mol. The zero-order chi connectivity index (χ0) is 18.0. The first-order chi connectivity index (χ1) is 11.1. The third-order valence-corrected chi connectivity index (χ3v) is 6.14. The Hall–Kier alpha value is -1.40. The summed E-state index contributed by atoms with van der Waals surface area (Å²) in [5.74, 6) is -0.0500. The zero-order valence-electron chi connectivity index (χ0n) is 15.0. The molecule has 1 heterocycles. The fourth-order valence-corrected chi connectivity index (χ4v) is 4.59. The van der Waals surface area contributed by atoms with Crippen molar-refractivity contribution < 1.29 is 13.2 Å². The van der Waals surface area contributed by atoms with E-state index < -0.39 is 10.0 Å². The van der Waals surface area contributed by atoms with Gasteiger partial charge in [0.1, 0.15) is 0 Å². The summed E-state index contributed by atoms with van der Waals surface area (Å²) in [4.78, 5) is 12.2. The second-order valence-electron chi connectivity index (χ2n) is 7.60. The fraction of sp³-hybridized carbons (Fsp3) is 0.611. The van der Waals surface area contributed by atoms with Gasteiger partial charge in [-0.2, -0.15) is 0 Å². The van der Waals surface area contributed by atoms with Gasteiger partial charge in [0.05, 0.1) is 5.75 Å². The SMILES string of the molecule is Cc1ccccc1CS(=O)(=O)N1CCC(C(=O)NC(C)(C)C)CC1. The molecule has 5 nitrogen and oxygen atoms in total. The minimum absolute atomic E-state index is 0.0263. The number of piperidine rings is 1. The van der Waals surface area contributed by atoms with E-state index in [-0.39, 0.29) is 23.1 Å². The van der Waals surface area contributed by atoms with Crippen LogP contribution in [0.5, 0.6) is 0 Å². The van der Waals surface area contributed by atoms with Gasteiger partial charge in [-0.3, -0.25) is 4.79 Å². The highest BCUT2D eigenvalue weighted by molar-refractivity contribution is 7.88. The van der Waals surface area contributed by atoms with Gasteiger partial charge in [0, 0.05) is 24.5 Å². The molecule has 24 heavy (non-hydrogen) atoms. The highest BCUT2D eigenvalue weighted by atomic mass is 32.2. The van der Waals surface area contributed by atoms with Crippen molar-refractivity contribution in [3.8, 4) is 0 Å². The standard InChI is InChI=1S/C18H28N2O3S/c1-14-7-5-6-8-16(14)13-24(22,23)20-11-9-15(10-12-20)17(21)19-18(2,3)4/h5-8,15H,9-13H2,1-4H3,(H,19,21). The summed E-state index contributed by atoms with van der Waals surface area (Å²) in [6, 6.07) is 7.55. The van der Waals surface area contributed by atoms with Crippen LogP contribution in [-0.2, 0) is 20.6 Å². The molecule has 1 aromatic rings. The van der Waals surface area contributed by atoms with Gasteiger partial charge in [0.2, 0.25) is 15.9 Å². The molecular formula is C18H28N2O3S. The quantitative estimate of drug-likeness (QED) is 0.905. The fourth-order valence-electron chi connectivity index (χ4n) is 2.93. The molecule has 134 valence electrons. The lowest BCUT2D eigenvalue weighted by atomic mass is 9.96. The molecule has 1 aliphatic rings. The molecule has 0 saturated carbocycles. The van der Waals surface area contributed by atoms with E-state index in [0.717, 1.165) is 11.1 Å². The lowest BCUT2D eigenvalue weighted by molar-refractivity contribution is -0.127. The minimum Gasteiger partial charge on any atom is -0.351 e. The van der Waals surface area contributed by atoms with Crippen LogP contribution in [0.1, 0.15) is 44.7 Å². The molecule has 1 N–H and O–H groups in total. The second-order valence-corrected chi connectivity index (χ2v) is 9.56. The molecule has 2 rings (SSSR count). The summed E-state index contributed by atoms with van der Waals surface area (Å²) in [5.41, 5.74) is 1.57. The first-order valence-corrected chi connectivity index (χ1v) is 10.0. The van der Waals surface area contributed by atoms with E-state index in [0.29, 0.717) is 25.9 Å². The lowest BCUT2D eigenvalue weighted by Gasteiger charge is -2.32. The van der Waals surface area contributed by atoms with Gasteiger partial charge in [-0.1, -0.05) is 24.3 Å². The molecule has 0 spiro atoms. The topological polar surface area (TPSA) is 66.5 Å². The second kappa shape index (κ2) is 7.23. The van der Waals surface area contributed by atoms with Crippen molar-refractivity contribution in [1.29, 1.82) is 0 Å². The number of amides is 1. The molecule has 1 aliphatic heterocycles. The van der Waals surface area contributed by atoms with Gasteiger partial charge in [-0.05, 0) is 51.7 Å². The predicted octanol–water partition coefficient (Wildman–Crippen LogP) is 2.45. The number of nitrogens with zero attached hydrogens (tertiary/aromatic N) is 1.